The number of carbonyl (C=O) groups is 2. The SMILES string of the molecule is Cc1noc2nc(C(C)C)cc(C(=O)Nc3cccc(CCC(=O)O)c3)c12. The molecule has 3 rings (SSSR count). The highest BCUT2D eigenvalue weighted by Gasteiger charge is 2.20. The number of benzene rings is 1. The molecule has 0 aliphatic rings. The number of rotatable bonds is 6. The Balaban J connectivity index is 1.91. The van der Waals surface area contributed by atoms with Crippen LogP contribution in [0.5, 0.6) is 0 Å². The maximum absolute atomic E-state index is 12.9. The fraction of sp³-hybridized carbons (Fsp3) is 0.300. The van der Waals surface area contributed by atoms with Crippen molar-refractivity contribution < 1.29 is 19.2 Å². The number of aromatic nitrogens is 2. The summed E-state index contributed by atoms with van der Waals surface area (Å²) in [4.78, 5) is 28.1. The predicted molar refractivity (Wildman–Crippen MR) is 101 cm³/mol. The second-order valence-corrected chi connectivity index (χ2v) is 6.75. The fourth-order valence-electron chi connectivity index (χ4n) is 2.84. The van der Waals surface area contributed by atoms with Crippen molar-refractivity contribution in [2.75, 3.05) is 5.32 Å². The van der Waals surface area contributed by atoms with Gasteiger partial charge in [-0.3, -0.25) is 9.59 Å². The molecule has 1 amide bonds. The van der Waals surface area contributed by atoms with E-state index in [-0.39, 0.29) is 18.2 Å². The largest absolute Gasteiger partial charge is 0.481 e. The van der Waals surface area contributed by atoms with E-state index in [1.54, 1.807) is 31.2 Å². The summed E-state index contributed by atoms with van der Waals surface area (Å²) in [5, 5.41) is 16.2. The summed E-state index contributed by atoms with van der Waals surface area (Å²) in [6, 6.07) is 8.94. The molecule has 3 aromatic rings. The average molecular weight is 367 g/mol. The van der Waals surface area contributed by atoms with Gasteiger partial charge < -0.3 is 14.9 Å². The number of fused-ring (bicyclic) bond motifs is 1. The molecule has 0 spiro atoms. The number of amides is 1. The molecule has 2 N–H and O–H groups in total. The number of aryl methyl sites for hydroxylation is 2. The second kappa shape index (κ2) is 7.57. The lowest BCUT2D eigenvalue weighted by molar-refractivity contribution is -0.136. The maximum atomic E-state index is 12.9. The van der Waals surface area contributed by atoms with Crippen LogP contribution in [-0.4, -0.2) is 27.1 Å². The third kappa shape index (κ3) is 4.13. The highest BCUT2D eigenvalue weighted by molar-refractivity contribution is 6.12. The van der Waals surface area contributed by atoms with Gasteiger partial charge in [0, 0.05) is 17.8 Å². The zero-order valence-electron chi connectivity index (χ0n) is 15.4. The maximum Gasteiger partial charge on any atom is 0.303 e. The van der Waals surface area contributed by atoms with E-state index in [0.717, 1.165) is 11.3 Å². The van der Waals surface area contributed by atoms with Crippen LogP contribution in [0.2, 0.25) is 0 Å². The summed E-state index contributed by atoms with van der Waals surface area (Å²) in [6.45, 7) is 5.75. The van der Waals surface area contributed by atoms with E-state index in [1.165, 1.54) is 0 Å². The standard InChI is InChI=1S/C20H21N3O4/c1-11(2)16-10-15(18-12(3)23-27-20(18)22-16)19(26)21-14-6-4-5-13(9-14)7-8-17(24)25/h4-6,9-11H,7-8H2,1-3H3,(H,21,26)(H,24,25). The van der Waals surface area contributed by atoms with Gasteiger partial charge in [-0.05, 0) is 43.0 Å². The molecule has 0 unspecified atom stereocenters. The number of nitrogens with one attached hydrogen (secondary N) is 1. The van der Waals surface area contributed by atoms with Crippen molar-refractivity contribution in [2.24, 2.45) is 0 Å². The minimum absolute atomic E-state index is 0.0417. The molecular formula is C20H21N3O4. The quantitative estimate of drug-likeness (QED) is 0.684. The fourth-order valence-corrected chi connectivity index (χ4v) is 2.84. The van der Waals surface area contributed by atoms with Gasteiger partial charge >= 0.3 is 5.97 Å². The Hall–Kier alpha value is -3.22. The van der Waals surface area contributed by atoms with Crippen LogP contribution in [0.1, 0.15) is 53.5 Å². The van der Waals surface area contributed by atoms with Crippen molar-refractivity contribution in [1.82, 2.24) is 10.1 Å². The predicted octanol–water partition coefficient (Wildman–Crippen LogP) is 3.92. The number of carboxylic acid groups (broad SMARTS) is 1. The molecule has 27 heavy (non-hydrogen) atoms. The number of pyridine rings is 1. The first kappa shape index (κ1) is 18.6. The number of nitrogens with zero attached hydrogens (tertiary/aromatic N) is 2. The molecule has 0 bridgehead atoms. The third-order valence-electron chi connectivity index (χ3n) is 4.29. The average Bonchev–Trinajstić information content (AvgIpc) is 3.00. The number of carbonyl (C=O) groups excluding carboxylic acids is 1. The summed E-state index contributed by atoms with van der Waals surface area (Å²) >= 11 is 0. The van der Waals surface area contributed by atoms with Crippen LogP contribution >= 0.6 is 0 Å². The summed E-state index contributed by atoms with van der Waals surface area (Å²) in [6.07, 6.45) is 0.445. The highest BCUT2D eigenvalue weighted by Crippen LogP contribution is 2.26. The Morgan fingerprint density at radius 3 is 2.74 bits per heavy atom. The molecule has 7 heteroatoms. The first-order valence-electron chi connectivity index (χ1n) is 8.74. The second-order valence-electron chi connectivity index (χ2n) is 6.75. The summed E-state index contributed by atoms with van der Waals surface area (Å²) < 4.78 is 5.26. The first-order chi connectivity index (χ1) is 12.8. The summed E-state index contributed by atoms with van der Waals surface area (Å²) in [5.74, 6) is -1.01. The highest BCUT2D eigenvalue weighted by atomic mass is 16.5. The van der Waals surface area contributed by atoms with Crippen LogP contribution in [0.25, 0.3) is 11.1 Å². The van der Waals surface area contributed by atoms with E-state index in [2.05, 4.69) is 15.5 Å². The summed E-state index contributed by atoms with van der Waals surface area (Å²) in [7, 11) is 0. The lowest BCUT2D eigenvalue weighted by Gasteiger charge is -2.10. The zero-order valence-corrected chi connectivity index (χ0v) is 15.4. The van der Waals surface area contributed by atoms with E-state index in [4.69, 9.17) is 9.63 Å². The smallest absolute Gasteiger partial charge is 0.303 e. The van der Waals surface area contributed by atoms with Crippen molar-refractivity contribution >= 4 is 28.7 Å². The molecule has 140 valence electrons. The van der Waals surface area contributed by atoms with Crippen LogP contribution in [0, 0.1) is 6.92 Å². The van der Waals surface area contributed by atoms with Crippen molar-refractivity contribution in [3.05, 3.63) is 52.8 Å². The van der Waals surface area contributed by atoms with E-state index in [1.807, 2.05) is 19.9 Å². The monoisotopic (exact) mass is 367 g/mol. The van der Waals surface area contributed by atoms with Gasteiger partial charge in [0.2, 0.25) is 0 Å². The van der Waals surface area contributed by atoms with Crippen molar-refractivity contribution in [1.29, 1.82) is 0 Å². The molecule has 0 aliphatic heterocycles. The van der Waals surface area contributed by atoms with Crippen molar-refractivity contribution in [2.45, 2.75) is 39.5 Å². The Kier molecular flexibility index (Phi) is 5.21. The van der Waals surface area contributed by atoms with E-state index >= 15 is 0 Å². The van der Waals surface area contributed by atoms with Gasteiger partial charge in [0.15, 0.2) is 0 Å². The Morgan fingerprint density at radius 2 is 2.04 bits per heavy atom. The van der Waals surface area contributed by atoms with Crippen LogP contribution in [0.15, 0.2) is 34.9 Å². The number of aliphatic carboxylic acids is 1. The molecule has 0 atom stereocenters. The molecule has 0 fully saturated rings. The normalized spacial score (nSPS) is 11.1. The number of anilines is 1. The van der Waals surface area contributed by atoms with E-state index < -0.39 is 5.97 Å². The summed E-state index contributed by atoms with van der Waals surface area (Å²) in [5.41, 5.74) is 3.61. The van der Waals surface area contributed by atoms with Gasteiger partial charge in [0.1, 0.15) is 0 Å². The number of carboxylic acids is 1. The van der Waals surface area contributed by atoms with Gasteiger partial charge in [-0.25, -0.2) is 4.98 Å². The Labute approximate surface area is 156 Å². The molecule has 0 saturated heterocycles. The lowest BCUT2D eigenvalue weighted by atomic mass is 10.0. The van der Waals surface area contributed by atoms with Crippen LogP contribution in [-0.2, 0) is 11.2 Å². The molecular weight excluding hydrogens is 346 g/mol. The van der Waals surface area contributed by atoms with Gasteiger partial charge in [0.25, 0.3) is 11.6 Å². The van der Waals surface area contributed by atoms with E-state index in [9.17, 15) is 9.59 Å². The Morgan fingerprint density at radius 1 is 1.26 bits per heavy atom. The topological polar surface area (TPSA) is 105 Å². The van der Waals surface area contributed by atoms with Gasteiger partial charge in [-0.15, -0.1) is 0 Å². The number of hydrogen-bond acceptors (Lipinski definition) is 5. The minimum Gasteiger partial charge on any atom is -0.481 e. The van der Waals surface area contributed by atoms with Crippen LogP contribution in [0.4, 0.5) is 5.69 Å². The molecule has 0 aliphatic carbocycles. The molecule has 1 aromatic carbocycles. The first-order valence-corrected chi connectivity index (χ1v) is 8.74. The van der Waals surface area contributed by atoms with Gasteiger partial charge in [-0.1, -0.05) is 31.1 Å². The molecule has 7 nitrogen and oxygen atoms in total. The van der Waals surface area contributed by atoms with Crippen LogP contribution in [0.3, 0.4) is 0 Å². The van der Waals surface area contributed by atoms with Crippen molar-refractivity contribution in [3.8, 4) is 0 Å². The molecule has 0 radical (unpaired) electrons. The lowest BCUT2D eigenvalue weighted by Crippen LogP contribution is -2.14. The molecule has 2 heterocycles. The Bertz CT molecular complexity index is 1010. The van der Waals surface area contributed by atoms with Gasteiger partial charge in [0.05, 0.1) is 16.6 Å². The van der Waals surface area contributed by atoms with Crippen molar-refractivity contribution in [3.63, 3.8) is 0 Å². The van der Waals surface area contributed by atoms with Gasteiger partial charge in [-0.2, -0.15) is 0 Å². The van der Waals surface area contributed by atoms with E-state index in [0.29, 0.717) is 34.5 Å². The number of hydrogen-bond donors (Lipinski definition) is 2. The zero-order chi connectivity index (χ0) is 19.6. The molecule has 0 saturated carbocycles. The third-order valence-corrected chi connectivity index (χ3v) is 4.29. The minimum atomic E-state index is -0.854. The van der Waals surface area contributed by atoms with Crippen LogP contribution < -0.4 is 5.32 Å². The molecule has 2 aromatic heterocycles.